The Kier molecular flexibility index (Phi) is 42.4. The van der Waals surface area contributed by atoms with Gasteiger partial charge in [-0.1, -0.05) is 170 Å². The van der Waals surface area contributed by atoms with Crippen LogP contribution in [0.15, 0.2) is 85.1 Å². The van der Waals surface area contributed by atoms with E-state index in [9.17, 15) is 19.0 Å². The van der Waals surface area contributed by atoms with Crippen molar-refractivity contribution < 1.29 is 42.1 Å². The zero-order valence-corrected chi connectivity index (χ0v) is 41.7. The maximum atomic E-state index is 12.7. The van der Waals surface area contributed by atoms with Gasteiger partial charge in [-0.05, 0) is 89.9 Å². The Labute approximate surface area is 386 Å². The highest BCUT2D eigenvalue weighted by Crippen LogP contribution is 2.43. The zero-order valence-electron chi connectivity index (χ0n) is 40.8. The van der Waals surface area contributed by atoms with Crippen molar-refractivity contribution in [2.45, 2.75) is 193 Å². The van der Waals surface area contributed by atoms with Gasteiger partial charge in [-0.2, -0.15) is 0 Å². The van der Waals surface area contributed by atoms with Crippen molar-refractivity contribution in [2.24, 2.45) is 0 Å². The predicted octanol–water partition coefficient (Wildman–Crippen LogP) is 14.7. The van der Waals surface area contributed by atoms with Gasteiger partial charge in [0, 0.05) is 12.8 Å². The first-order chi connectivity index (χ1) is 30.5. The summed E-state index contributed by atoms with van der Waals surface area (Å²) in [5.74, 6) is -0.834. The van der Waals surface area contributed by atoms with Crippen molar-refractivity contribution >= 4 is 19.8 Å². The van der Waals surface area contributed by atoms with Crippen LogP contribution in [0.5, 0.6) is 0 Å². The SMILES string of the molecule is CC/C=C\C/C=C\C/C=C\C/C=C\C/C=C\CCCCCCCC(=O)OC(COC(=O)CCCCCCCCC/C=C\C/C=C\CCCCCC)COP(=O)(O)OCC[N+](C)(C)C. The third kappa shape index (κ3) is 48.5. The smallest absolute Gasteiger partial charge is 0.462 e. The molecule has 0 radical (unpaired) electrons. The fourth-order valence-corrected chi connectivity index (χ4v) is 7.05. The van der Waals surface area contributed by atoms with Crippen molar-refractivity contribution in [3.8, 4) is 0 Å². The summed E-state index contributed by atoms with van der Waals surface area (Å²) in [6.07, 6.45) is 57.7. The number of ether oxygens (including phenoxy) is 2. The second-order valence-corrected chi connectivity index (χ2v) is 18.9. The maximum Gasteiger partial charge on any atom is 0.472 e. The first-order valence-electron chi connectivity index (χ1n) is 24.8. The van der Waals surface area contributed by atoms with E-state index in [2.05, 4.69) is 98.9 Å². The largest absolute Gasteiger partial charge is 0.472 e. The van der Waals surface area contributed by atoms with Gasteiger partial charge in [-0.25, -0.2) is 4.57 Å². The number of phosphoric acid groups is 1. The van der Waals surface area contributed by atoms with Gasteiger partial charge in [-0.3, -0.25) is 18.6 Å². The van der Waals surface area contributed by atoms with E-state index in [0.29, 0.717) is 17.4 Å². The van der Waals surface area contributed by atoms with E-state index in [1.807, 2.05) is 21.1 Å². The molecule has 0 aromatic rings. The Morgan fingerprint density at radius 3 is 1.35 bits per heavy atom. The van der Waals surface area contributed by atoms with Gasteiger partial charge in [-0.15, -0.1) is 0 Å². The number of quaternary nitrogens is 1. The Morgan fingerprint density at radius 2 is 0.905 bits per heavy atom. The number of hydrogen-bond acceptors (Lipinski definition) is 7. The summed E-state index contributed by atoms with van der Waals surface area (Å²) in [5, 5.41) is 0. The van der Waals surface area contributed by atoms with Crippen LogP contribution >= 0.6 is 7.82 Å². The molecule has 0 heterocycles. The molecule has 2 atom stereocenters. The van der Waals surface area contributed by atoms with Crippen LogP contribution in [-0.4, -0.2) is 74.9 Å². The topological polar surface area (TPSA) is 108 Å². The summed E-state index contributed by atoms with van der Waals surface area (Å²) in [6, 6.07) is 0. The van der Waals surface area contributed by atoms with E-state index in [0.717, 1.165) is 103 Å². The van der Waals surface area contributed by atoms with Crippen LogP contribution in [0.3, 0.4) is 0 Å². The number of phosphoric ester groups is 1. The lowest BCUT2D eigenvalue weighted by Crippen LogP contribution is -2.37. The number of carbonyl (C=O) groups excluding carboxylic acids is 2. The molecule has 2 unspecified atom stereocenters. The summed E-state index contributed by atoms with van der Waals surface area (Å²) in [7, 11) is 1.44. The number of nitrogens with zero attached hydrogens (tertiary/aromatic N) is 1. The van der Waals surface area contributed by atoms with Gasteiger partial charge < -0.3 is 18.9 Å². The molecule has 1 N–H and O–H groups in total. The molecule has 0 fully saturated rings. The molecule has 9 nitrogen and oxygen atoms in total. The van der Waals surface area contributed by atoms with Crippen molar-refractivity contribution in [2.75, 3.05) is 47.5 Å². The highest BCUT2D eigenvalue weighted by Gasteiger charge is 2.27. The fourth-order valence-electron chi connectivity index (χ4n) is 6.31. The van der Waals surface area contributed by atoms with E-state index in [4.69, 9.17) is 18.5 Å². The minimum Gasteiger partial charge on any atom is -0.462 e. The fraction of sp³-hybridized carbons (Fsp3) is 0.698. The third-order valence-electron chi connectivity index (χ3n) is 10.2. The second kappa shape index (κ2) is 44.4. The van der Waals surface area contributed by atoms with Gasteiger partial charge in [0.05, 0.1) is 27.7 Å². The normalized spacial score (nSPS) is 14.2. The van der Waals surface area contributed by atoms with Crippen LogP contribution in [0, 0.1) is 0 Å². The lowest BCUT2D eigenvalue weighted by molar-refractivity contribution is -0.870. The lowest BCUT2D eigenvalue weighted by atomic mass is 10.1. The van der Waals surface area contributed by atoms with E-state index >= 15 is 0 Å². The predicted molar refractivity (Wildman–Crippen MR) is 265 cm³/mol. The number of rotatable bonds is 44. The Morgan fingerprint density at radius 1 is 0.508 bits per heavy atom. The minimum absolute atomic E-state index is 0.0216. The monoisotopic (exact) mass is 903 g/mol. The van der Waals surface area contributed by atoms with Crippen molar-refractivity contribution in [3.05, 3.63) is 85.1 Å². The van der Waals surface area contributed by atoms with Crippen LogP contribution in [-0.2, 0) is 32.7 Å². The summed E-state index contributed by atoms with van der Waals surface area (Å²) in [4.78, 5) is 35.5. The van der Waals surface area contributed by atoms with Gasteiger partial charge >= 0.3 is 19.8 Å². The number of likely N-dealkylation sites (N-methyl/N-ethyl adjacent to an activating group) is 1. The second-order valence-electron chi connectivity index (χ2n) is 17.5. The molecule has 0 saturated heterocycles. The average molecular weight is 903 g/mol. The number of carbonyl (C=O) groups is 2. The third-order valence-corrected chi connectivity index (χ3v) is 11.1. The van der Waals surface area contributed by atoms with Crippen molar-refractivity contribution in [1.29, 1.82) is 0 Å². The number of unbranched alkanes of at least 4 members (excludes halogenated alkanes) is 16. The molecule has 0 aromatic heterocycles. The van der Waals surface area contributed by atoms with Gasteiger partial charge in [0.2, 0.25) is 0 Å². The lowest BCUT2D eigenvalue weighted by Gasteiger charge is -2.24. The zero-order chi connectivity index (χ0) is 46.4. The van der Waals surface area contributed by atoms with Crippen LogP contribution in [0.1, 0.15) is 187 Å². The number of esters is 2. The molecular weight excluding hydrogens is 810 g/mol. The Hall–Kier alpha value is -2.81. The molecule has 0 aromatic carbocycles. The van der Waals surface area contributed by atoms with E-state index in [1.165, 1.54) is 51.4 Å². The average Bonchev–Trinajstić information content (AvgIpc) is 3.24. The van der Waals surface area contributed by atoms with Crippen LogP contribution < -0.4 is 0 Å². The molecule has 0 amide bonds. The molecule has 0 aliphatic heterocycles. The highest BCUT2D eigenvalue weighted by molar-refractivity contribution is 7.47. The quantitative estimate of drug-likeness (QED) is 0.0212. The first-order valence-corrected chi connectivity index (χ1v) is 26.3. The maximum absolute atomic E-state index is 12.7. The molecule has 0 saturated carbocycles. The summed E-state index contributed by atoms with van der Waals surface area (Å²) < 4.78 is 34.4. The summed E-state index contributed by atoms with van der Waals surface area (Å²) in [6.45, 7) is 4.25. The Bertz CT molecular complexity index is 1340. The molecule has 0 rings (SSSR count). The van der Waals surface area contributed by atoms with Crippen LogP contribution in [0.4, 0.5) is 0 Å². The molecule has 63 heavy (non-hydrogen) atoms. The van der Waals surface area contributed by atoms with E-state index in [1.54, 1.807) is 0 Å². The highest BCUT2D eigenvalue weighted by atomic mass is 31.2. The molecule has 0 aliphatic rings. The van der Waals surface area contributed by atoms with Gasteiger partial charge in [0.15, 0.2) is 6.10 Å². The summed E-state index contributed by atoms with van der Waals surface area (Å²) in [5.41, 5.74) is 0. The molecular formula is C53H93NO8P+. The van der Waals surface area contributed by atoms with Crippen molar-refractivity contribution in [3.63, 3.8) is 0 Å². The van der Waals surface area contributed by atoms with Crippen LogP contribution in [0.25, 0.3) is 0 Å². The minimum atomic E-state index is -4.39. The molecule has 0 aliphatic carbocycles. The number of allylic oxidation sites excluding steroid dienone is 14. The molecule has 362 valence electrons. The van der Waals surface area contributed by atoms with Gasteiger partial charge in [0.25, 0.3) is 0 Å². The van der Waals surface area contributed by atoms with E-state index in [-0.39, 0.29) is 32.0 Å². The van der Waals surface area contributed by atoms with Crippen LogP contribution in [0.2, 0.25) is 0 Å². The summed E-state index contributed by atoms with van der Waals surface area (Å²) >= 11 is 0. The standard InChI is InChI=1S/C53H92NO8P/c1-6-8-10-12-14-16-18-20-22-24-26-27-28-30-32-34-36-38-40-42-44-46-53(56)62-51(50-61-63(57,58)60-48-47-54(3,4)5)49-59-52(55)45-43-41-39-37-35-33-31-29-25-23-21-19-17-15-13-11-9-7-2/h8,10,14,16-17,19-20,22-23,25-27,30,32,51H,6-7,9,11-13,15,18,21,24,28-29,31,33-50H2,1-5H3/p+1/b10-8-,16-14-,19-17-,22-20-,25-23-,27-26-,32-30-. The molecule has 10 heteroatoms. The van der Waals surface area contributed by atoms with Gasteiger partial charge in [0.1, 0.15) is 19.8 Å². The molecule has 0 spiro atoms. The first kappa shape index (κ1) is 60.2. The molecule has 0 bridgehead atoms. The van der Waals surface area contributed by atoms with Crippen molar-refractivity contribution in [1.82, 2.24) is 0 Å². The Balaban J connectivity index is 4.36. The number of hydrogen-bond donors (Lipinski definition) is 1. The van der Waals surface area contributed by atoms with E-state index < -0.39 is 26.5 Å².